The average Bonchev–Trinajstić information content (AvgIpc) is 2.63. The molecule has 1 aromatic heterocycles. The van der Waals surface area contributed by atoms with Gasteiger partial charge in [0.1, 0.15) is 5.75 Å². The molecule has 0 atom stereocenters. The van der Waals surface area contributed by atoms with Gasteiger partial charge < -0.3 is 9.64 Å². The number of ether oxygens (including phenoxy) is 1. The van der Waals surface area contributed by atoms with E-state index in [1.807, 2.05) is 29.2 Å². The summed E-state index contributed by atoms with van der Waals surface area (Å²) in [4.78, 5) is 18.4. The topological polar surface area (TPSA) is 42.4 Å². The van der Waals surface area contributed by atoms with Gasteiger partial charge in [0.15, 0.2) is 0 Å². The summed E-state index contributed by atoms with van der Waals surface area (Å²) in [7, 11) is 0. The third-order valence-corrected chi connectivity index (χ3v) is 4.78. The molecule has 4 nitrogen and oxygen atoms in total. The van der Waals surface area contributed by atoms with Crippen LogP contribution < -0.4 is 4.74 Å². The van der Waals surface area contributed by atoms with Crippen molar-refractivity contribution in [3.63, 3.8) is 0 Å². The van der Waals surface area contributed by atoms with Gasteiger partial charge in [-0.2, -0.15) is 0 Å². The van der Waals surface area contributed by atoms with Crippen molar-refractivity contribution in [1.82, 2.24) is 9.88 Å². The van der Waals surface area contributed by atoms with E-state index in [0.717, 1.165) is 38.1 Å². The van der Waals surface area contributed by atoms with E-state index < -0.39 is 0 Å². The number of halogens is 1. The Bertz CT molecular complexity index is 670. The molecular formula is C19H21ClN2O2. The SMILES string of the molecule is O=C(c1ccccc1Cl)N1CCC(CCOc2ccncc2)CC1. The fourth-order valence-corrected chi connectivity index (χ4v) is 3.22. The zero-order valence-corrected chi connectivity index (χ0v) is 14.3. The molecule has 2 heterocycles. The predicted octanol–water partition coefficient (Wildman–Crippen LogP) is 4.06. The number of amides is 1. The van der Waals surface area contributed by atoms with Crippen LogP contribution >= 0.6 is 11.6 Å². The fourth-order valence-electron chi connectivity index (χ4n) is 3.01. The van der Waals surface area contributed by atoms with Crippen LogP contribution in [0.5, 0.6) is 5.75 Å². The Labute approximate surface area is 147 Å². The molecule has 1 aliphatic rings. The van der Waals surface area contributed by atoms with Gasteiger partial charge in [-0.3, -0.25) is 9.78 Å². The normalized spacial score (nSPS) is 15.3. The lowest BCUT2D eigenvalue weighted by molar-refractivity contribution is 0.0680. The van der Waals surface area contributed by atoms with Crippen LogP contribution in [0.25, 0.3) is 0 Å². The molecule has 5 heteroatoms. The number of piperidine rings is 1. The van der Waals surface area contributed by atoms with E-state index in [4.69, 9.17) is 16.3 Å². The highest BCUT2D eigenvalue weighted by Crippen LogP contribution is 2.24. The van der Waals surface area contributed by atoms with Gasteiger partial charge in [0.25, 0.3) is 5.91 Å². The molecule has 2 aromatic rings. The molecule has 1 aromatic carbocycles. The summed E-state index contributed by atoms with van der Waals surface area (Å²) in [6, 6.07) is 11.0. The zero-order valence-electron chi connectivity index (χ0n) is 13.5. The fraction of sp³-hybridized carbons (Fsp3) is 0.368. The standard InChI is InChI=1S/C19H21ClN2O2/c20-18-4-2-1-3-17(18)19(23)22-12-7-15(8-13-22)9-14-24-16-5-10-21-11-6-16/h1-6,10-11,15H,7-9,12-14H2. The minimum atomic E-state index is 0.0343. The summed E-state index contributed by atoms with van der Waals surface area (Å²) in [6.45, 7) is 2.26. The van der Waals surface area contributed by atoms with Crippen LogP contribution in [-0.4, -0.2) is 35.5 Å². The molecule has 0 radical (unpaired) electrons. The van der Waals surface area contributed by atoms with E-state index in [2.05, 4.69) is 4.98 Å². The lowest BCUT2D eigenvalue weighted by Gasteiger charge is -2.32. The Balaban J connectivity index is 1.44. The second-order valence-electron chi connectivity index (χ2n) is 6.04. The maximum absolute atomic E-state index is 12.5. The summed E-state index contributed by atoms with van der Waals surface area (Å²) in [5, 5.41) is 0.523. The van der Waals surface area contributed by atoms with Crippen LogP contribution in [0.3, 0.4) is 0 Å². The number of aromatic nitrogens is 1. The Kier molecular flexibility index (Phi) is 5.70. The Morgan fingerprint density at radius 2 is 1.88 bits per heavy atom. The highest BCUT2D eigenvalue weighted by atomic mass is 35.5. The van der Waals surface area contributed by atoms with Crippen molar-refractivity contribution in [2.75, 3.05) is 19.7 Å². The van der Waals surface area contributed by atoms with Crippen molar-refractivity contribution in [1.29, 1.82) is 0 Å². The maximum atomic E-state index is 12.5. The molecule has 0 N–H and O–H groups in total. The molecule has 1 saturated heterocycles. The van der Waals surface area contributed by atoms with Crippen molar-refractivity contribution in [2.45, 2.75) is 19.3 Å². The third kappa shape index (κ3) is 4.26. The first-order valence-corrected chi connectivity index (χ1v) is 8.68. The first-order valence-electron chi connectivity index (χ1n) is 8.30. The van der Waals surface area contributed by atoms with Gasteiger partial charge in [0.2, 0.25) is 0 Å². The highest BCUT2D eigenvalue weighted by Gasteiger charge is 2.24. The van der Waals surface area contributed by atoms with E-state index in [9.17, 15) is 4.79 Å². The molecule has 0 bridgehead atoms. The van der Waals surface area contributed by atoms with Crippen molar-refractivity contribution in [2.24, 2.45) is 5.92 Å². The van der Waals surface area contributed by atoms with Crippen LogP contribution in [0.1, 0.15) is 29.6 Å². The average molecular weight is 345 g/mol. The summed E-state index contributed by atoms with van der Waals surface area (Å²) in [5.41, 5.74) is 0.596. The second kappa shape index (κ2) is 8.15. The van der Waals surface area contributed by atoms with Crippen molar-refractivity contribution in [3.05, 3.63) is 59.4 Å². The first-order chi connectivity index (χ1) is 11.7. The minimum Gasteiger partial charge on any atom is -0.493 e. The lowest BCUT2D eigenvalue weighted by atomic mass is 9.93. The van der Waals surface area contributed by atoms with Crippen LogP contribution in [-0.2, 0) is 0 Å². The lowest BCUT2D eigenvalue weighted by Crippen LogP contribution is -2.38. The molecule has 24 heavy (non-hydrogen) atoms. The van der Waals surface area contributed by atoms with E-state index in [1.165, 1.54) is 0 Å². The van der Waals surface area contributed by atoms with Crippen molar-refractivity contribution in [3.8, 4) is 5.75 Å². The molecule has 0 saturated carbocycles. The number of carbonyl (C=O) groups is 1. The molecule has 0 aliphatic carbocycles. The van der Waals surface area contributed by atoms with Crippen molar-refractivity contribution >= 4 is 17.5 Å². The predicted molar refractivity (Wildman–Crippen MR) is 94.4 cm³/mol. The first kappa shape index (κ1) is 16.8. The summed E-state index contributed by atoms with van der Waals surface area (Å²) < 4.78 is 5.73. The Hall–Kier alpha value is -2.07. The quantitative estimate of drug-likeness (QED) is 0.821. The third-order valence-electron chi connectivity index (χ3n) is 4.45. The van der Waals surface area contributed by atoms with E-state index in [-0.39, 0.29) is 5.91 Å². The molecule has 3 rings (SSSR count). The largest absolute Gasteiger partial charge is 0.493 e. The van der Waals surface area contributed by atoms with Crippen LogP contribution in [0.2, 0.25) is 5.02 Å². The highest BCUT2D eigenvalue weighted by molar-refractivity contribution is 6.33. The number of carbonyl (C=O) groups excluding carboxylic acids is 1. The summed E-state index contributed by atoms with van der Waals surface area (Å²) in [5.74, 6) is 1.49. The Morgan fingerprint density at radius 3 is 2.58 bits per heavy atom. The van der Waals surface area contributed by atoms with E-state index in [1.54, 1.807) is 24.5 Å². The summed E-state index contributed by atoms with van der Waals surface area (Å²) in [6.07, 6.45) is 6.49. The van der Waals surface area contributed by atoms with Crippen LogP contribution in [0, 0.1) is 5.92 Å². The molecule has 1 fully saturated rings. The number of pyridine rings is 1. The minimum absolute atomic E-state index is 0.0343. The second-order valence-corrected chi connectivity index (χ2v) is 6.44. The molecule has 0 unspecified atom stereocenters. The molecule has 1 aliphatic heterocycles. The molecule has 1 amide bonds. The monoisotopic (exact) mass is 344 g/mol. The van der Waals surface area contributed by atoms with Crippen molar-refractivity contribution < 1.29 is 9.53 Å². The van der Waals surface area contributed by atoms with Gasteiger partial charge in [-0.1, -0.05) is 23.7 Å². The number of benzene rings is 1. The zero-order chi connectivity index (χ0) is 16.8. The van der Waals surface area contributed by atoms with Gasteiger partial charge >= 0.3 is 0 Å². The van der Waals surface area contributed by atoms with Crippen LogP contribution in [0.15, 0.2) is 48.8 Å². The number of hydrogen-bond donors (Lipinski definition) is 0. The van der Waals surface area contributed by atoms with Gasteiger partial charge in [-0.25, -0.2) is 0 Å². The number of likely N-dealkylation sites (tertiary alicyclic amines) is 1. The number of rotatable bonds is 5. The molecule has 0 spiro atoms. The van der Waals surface area contributed by atoms with Crippen LogP contribution in [0.4, 0.5) is 0 Å². The maximum Gasteiger partial charge on any atom is 0.255 e. The summed E-state index contributed by atoms with van der Waals surface area (Å²) >= 11 is 6.13. The van der Waals surface area contributed by atoms with E-state index >= 15 is 0 Å². The van der Waals surface area contributed by atoms with E-state index in [0.29, 0.717) is 23.1 Å². The number of nitrogens with zero attached hydrogens (tertiary/aromatic N) is 2. The molecule has 126 valence electrons. The number of hydrogen-bond acceptors (Lipinski definition) is 3. The Morgan fingerprint density at radius 1 is 1.17 bits per heavy atom. The molecular weight excluding hydrogens is 324 g/mol. The van der Waals surface area contributed by atoms with Gasteiger partial charge in [0, 0.05) is 25.5 Å². The van der Waals surface area contributed by atoms with Gasteiger partial charge in [0.05, 0.1) is 17.2 Å². The van der Waals surface area contributed by atoms with Gasteiger partial charge in [-0.05, 0) is 49.4 Å². The smallest absolute Gasteiger partial charge is 0.255 e. The van der Waals surface area contributed by atoms with Gasteiger partial charge in [-0.15, -0.1) is 0 Å².